The van der Waals surface area contributed by atoms with E-state index in [1.807, 2.05) is 18.2 Å². The topological polar surface area (TPSA) is 41.9 Å². The van der Waals surface area contributed by atoms with E-state index in [0.717, 1.165) is 36.6 Å². The van der Waals surface area contributed by atoms with Crippen LogP contribution in [0.25, 0.3) is 0 Å². The summed E-state index contributed by atoms with van der Waals surface area (Å²) in [5.41, 5.74) is 0.895. The van der Waals surface area contributed by atoms with Gasteiger partial charge in [0.05, 0.1) is 19.3 Å². The number of benzene rings is 1. The predicted molar refractivity (Wildman–Crippen MR) is 93.1 cm³/mol. The van der Waals surface area contributed by atoms with Crippen LogP contribution in [-0.4, -0.2) is 42.9 Å². The lowest BCUT2D eigenvalue weighted by molar-refractivity contribution is 0.0984. The first-order valence-corrected chi connectivity index (χ1v) is 8.75. The van der Waals surface area contributed by atoms with Crippen molar-refractivity contribution in [3.63, 3.8) is 0 Å². The first-order chi connectivity index (χ1) is 11.0. The van der Waals surface area contributed by atoms with E-state index in [9.17, 15) is 5.11 Å². The monoisotopic (exact) mass is 321 g/mol. The molecule has 1 aliphatic rings. The Hall–Kier alpha value is -1.26. The van der Waals surface area contributed by atoms with Crippen LogP contribution in [0.5, 0.6) is 11.5 Å². The van der Waals surface area contributed by atoms with Crippen LogP contribution in [0.4, 0.5) is 0 Å². The molecule has 4 nitrogen and oxygen atoms in total. The second-order valence-corrected chi connectivity index (χ2v) is 7.28. The summed E-state index contributed by atoms with van der Waals surface area (Å²) < 4.78 is 11.4. The minimum Gasteiger partial charge on any atom is -0.490 e. The molecule has 0 radical (unpaired) electrons. The van der Waals surface area contributed by atoms with Gasteiger partial charge in [0.2, 0.25) is 0 Å². The molecule has 1 N–H and O–H groups in total. The zero-order valence-electron chi connectivity index (χ0n) is 14.9. The number of rotatable bonds is 7. The van der Waals surface area contributed by atoms with Crippen LogP contribution >= 0.6 is 0 Å². The summed E-state index contributed by atoms with van der Waals surface area (Å²) in [5, 5.41) is 10.7. The Morgan fingerprint density at radius 3 is 2.17 bits per heavy atom. The Labute approximate surface area is 140 Å². The molecule has 130 valence electrons. The Kier molecular flexibility index (Phi) is 6.72. The van der Waals surface area contributed by atoms with E-state index < -0.39 is 6.10 Å². The van der Waals surface area contributed by atoms with Gasteiger partial charge in [-0.1, -0.05) is 33.8 Å². The van der Waals surface area contributed by atoms with Gasteiger partial charge in [0.15, 0.2) is 11.5 Å². The van der Waals surface area contributed by atoms with E-state index in [1.54, 1.807) is 0 Å². The molecule has 0 aliphatic carbocycles. The summed E-state index contributed by atoms with van der Waals surface area (Å²) in [4.78, 5) is 2.35. The zero-order valence-corrected chi connectivity index (χ0v) is 14.9. The van der Waals surface area contributed by atoms with Crippen molar-refractivity contribution in [2.75, 3.05) is 32.8 Å². The summed E-state index contributed by atoms with van der Waals surface area (Å²) >= 11 is 0. The van der Waals surface area contributed by atoms with Gasteiger partial charge in [-0.3, -0.25) is 4.90 Å². The SMILES string of the molecule is CC(C)CN(CC(C)C)CC(O)c1ccc2c(c1)OCCCO2. The maximum absolute atomic E-state index is 10.7. The van der Waals surface area contributed by atoms with Crippen molar-refractivity contribution < 1.29 is 14.6 Å². The van der Waals surface area contributed by atoms with Crippen LogP contribution in [0.1, 0.15) is 45.8 Å². The van der Waals surface area contributed by atoms with E-state index in [2.05, 4.69) is 32.6 Å². The quantitative estimate of drug-likeness (QED) is 0.834. The highest BCUT2D eigenvalue weighted by Crippen LogP contribution is 2.32. The molecule has 1 aromatic carbocycles. The fourth-order valence-corrected chi connectivity index (χ4v) is 2.99. The Morgan fingerprint density at radius 2 is 1.57 bits per heavy atom. The molecule has 0 saturated heterocycles. The fourth-order valence-electron chi connectivity index (χ4n) is 2.99. The van der Waals surface area contributed by atoms with Crippen LogP contribution in [-0.2, 0) is 0 Å². The molecule has 4 heteroatoms. The first-order valence-electron chi connectivity index (χ1n) is 8.75. The molecular formula is C19H31NO3. The predicted octanol–water partition coefficient (Wildman–Crippen LogP) is 3.50. The maximum Gasteiger partial charge on any atom is 0.161 e. The van der Waals surface area contributed by atoms with Gasteiger partial charge in [0.25, 0.3) is 0 Å². The van der Waals surface area contributed by atoms with E-state index in [4.69, 9.17) is 9.47 Å². The summed E-state index contributed by atoms with van der Waals surface area (Å²) in [6.45, 7) is 12.9. The van der Waals surface area contributed by atoms with Gasteiger partial charge in [0, 0.05) is 26.1 Å². The highest BCUT2D eigenvalue weighted by molar-refractivity contribution is 5.44. The minimum atomic E-state index is -0.510. The van der Waals surface area contributed by atoms with Crippen molar-refractivity contribution >= 4 is 0 Å². The number of nitrogens with zero attached hydrogens (tertiary/aromatic N) is 1. The zero-order chi connectivity index (χ0) is 16.8. The van der Waals surface area contributed by atoms with E-state index in [1.165, 1.54) is 0 Å². The molecular weight excluding hydrogens is 290 g/mol. The van der Waals surface area contributed by atoms with Crippen LogP contribution < -0.4 is 9.47 Å². The molecule has 0 fully saturated rings. The second kappa shape index (κ2) is 8.55. The third-order valence-electron chi connectivity index (χ3n) is 3.83. The van der Waals surface area contributed by atoms with E-state index in [0.29, 0.717) is 31.6 Å². The van der Waals surface area contributed by atoms with Crippen LogP contribution in [0.3, 0.4) is 0 Å². The molecule has 0 aromatic heterocycles. The minimum absolute atomic E-state index is 0.510. The summed E-state index contributed by atoms with van der Waals surface area (Å²) in [7, 11) is 0. The lowest BCUT2D eigenvalue weighted by Crippen LogP contribution is -2.35. The summed E-state index contributed by atoms with van der Waals surface area (Å²) in [6.07, 6.45) is 0.382. The van der Waals surface area contributed by atoms with Crippen LogP contribution in [0, 0.1) is 11.8 Å². The number of ether oxygens (including phenoxy) is 2. The first kappa shape index (κ1) is 18.1. The fraction of sp³-hybridized carbons (Fsp3) is 0.684. The van der Waals surface area contributed by atoms with Gasteiger partial charge in [0.1, 0.15) is 0 Å². The molecule has 2 rings (SSSR count). The number of aliphatic hydroxyl groups excluding tert-OH is 1. The average Bonchev–Trinajstić information content (AvgIpc) is 2.69. The van der Waals surface area contributed by atoms with Crippen LogP contribution in [0.2, 0.25) is 0 Å². The number of hydrogen-bond donors (Lipinski definition) is 1. The van der Waals surface area contributed by atoms with Crippen molar-refractivity contribution in [3.05, 3.63) is 23.8 Å². The Balaban J connectivity index is 2.06. The lowest BCUT2D eigenvalue weighted by atomic mass is 10.1. The van der Waals surface area contributed by atoms with Gasteiger partial charge in [-0.2, -0.15) is 0 Å². The third kappa shape index (κ3) is 5.70. The molecule has 0 bridgehead atoms. The molecule has 1 aromatic rings. The highest BCUT2D eigenvalue weighted by Gasteiger charge is 2.18. The third-order valence-corrected chi connectivity index (χ3v) is 3.83. The van der Waals surface area contributed by atoms with Gasteiger partial charge in [-0.25, -0.2) is 0 Å². The van der Waals surface area contributed by atoms with E-state index in [-0.39, 0.29) is 0 Å². The highest BCUT2D eigenvalue weighted by atomic mass is 16.5. The molecule has 1 aliphatic heterocycles. The second-order valence-electron chi connectivity index (χ2n) is 7.28. The number of hydrogen-bond acceptors (Lipinski definition) is 4. The molecule has 0 amide bonds. The standard InChI is InChI=1S/C19H31NO3/c1-14(2)11-20(12-15(3)4)13-17(21)16-6-7-18-19(10-16)23-9-5-8-22-18/h6-7,10,14-15,17,21H,5,8-9,11-13H2,1-4H3. The summed E-state index contributed by atoms with van der Waals surface area (Å²) in [5.74, 6) is 2.70. The maximum atomic E-state index is 10.7. The lowest BCUT2D eigenvalue weighted by Gasteiger charge is -2.28. The Morgan fingerprint density at radius 1 is 0.957 bits per heavy atom. The molecule has 23 heavy (non-hydrogen) atoms. The summed E-state index contributed by atoms with van der Waals surface area (Å²) in [6, 6.07) is 5.78. The molecule has 1 heterocycles. The van der Waals surface area contributed by atoms with E-state index >= 15 is 0 Å². The Bertz CT molecular complexity index is 478. The van der Waals surface area contributed by atoms with Crippen molar-refractivity contribution in [1.29, 1.82) is 0 Å². The molecule has 1 atom stereocenters. The number of aliphatic hydroxyl groups is 1. The molecule has 0 spiro atoms. The van der Waals surface area contributed by atoms with Gasteiger partial charge in [-0.15, -0.1) is 0 Å². The molecule has 1 unspecified atom stereocenters. The number of fused-ring (bicyclic) bond motifs is 1. The molecule has 0 saturated carbocycles. The van der Waals surface area contributed by atoms with Crippen molar-refractivity contribution in [1.82, 2.24) is 4.90 Å². The van der Waals surface area contributed by atoms with Crippen molar-refractivity contribution in [3.8, 4) is 11.5 Å². The van der Waals surface area contributed by atoms with Gasteiger partial charge < -0.3 is 14.6 Å². The van der Waals surface area contributed by atoms with Gasteiger partial charge in [-0.05, 0) is 29.5 Å². The smallest absolute Gasteiger partial charge is 0.161 e. The average molecular weight is 321 g/mol. The van der Waals surface area contributed by atoms with Crippen LogP contribution in [0.15, 0.2) is 18.2 Å². The van der Waals surface area contributed by atoms with Gasteiger partial charge >= 0.3 is 0 Å². The van der Waals surface area contributed by atoms with Crippen molar-refractivity contribution in [2.24, 2.45) is 11.8 Å². The normalized spacial score (nSPS) is 16.0. The largest absolute Gasteiger partial charge is 0.490 e. The van der Waals surface area contributed by atoms with Crippen molar-refractivity contribution in [2.45, 2.75) is 40.2 Å².